The van der Waals surface area contributed by atoms with E-state index in [1.807, 2.05) is 11.6 Å². The van der Waals surface area contributed by atoms with Gasteiger partial charge in [-0.1, -0.05) is 12.1 Å². The smallest absolute Gasteiger partial charge is 0.223 e. The lowest BCUT2D eigenvalue weighted by Crippen LogP contribution is -2.17. The van der Waals surface area contributed by atoms with Gasteiger partial charge in [-0.3, -0.25) is 4.79 Å². The Morgan fingerprint density at radius 3 is 2.82 bits per heavy atom. The molecule has 1 fully saturated rings. The van der Waals surface area contributed by atoms with Gasteiger partial charge in [-0.25, -0.2) is 4.68 Å². The molecule has 1 aromatic rings. The standard InChI is InChI=1S/C11H18N4O2/c1-6-4-9(6)15-11(7(2)17-3)8(13-14-15)5-10(12)16/h6-7,9H,4-5H2,1-3H3,(H2,12,16). The number of amides is 1. The van der Waals surface area contributed by atoms with E-state index in [0.29, 0.717) is 17.7 Å². The highest BCUT2D eigenvalue weighted by Gasteiger charge is 2.38. The molecule has 6 nitrogen and oxygen atoms in total. The minimum atomic E-state index is -0.398. The van der Waals surface area contributed by atoms with E-state index in [2.05, 4.69) is 17.2 Å². The fraction of sp³-hybridized carbons (Fsp3) is 0.727. The van der Waals surface area contributed by atoms with Crippen molar-refractivity contribution in [3.8, 4) is 0 Å². The summed E-state index contributed by atoms with van der Waals surface area (Å²) in [6, 6.07) is 0.386. The molecule has 1 amide bonds. The molecule has 0 radical (unpaired) electrons. The molecule has 0 saturated heterocycles. The molecule has 6 heteroatoms. The molecule has 1 saturated carbocycles. The molecule has 1 heterocycles. The van der Waals surface area contributed by atoms with E-state index in [1.54, 1.807) is 7.11 Å². The summed E-state index contributed by atoms with van der Waals surface area (Å²) in [5, 5.41) is 8.18. The van der Waals surface area contributed by atoms with E-state index in [1.165, 1.54) is 0 Å². The van der Waals surface area contributed by atoms with Crippen LogP contribution in [0.5, 0.6) is 0 Å². The summed E-state index contributed by atoms with van der Waals surface area (Å²) in [4.78, 5) is 11.0. The molecule has 94 valence electrons. The predicted molar refractivity (Wildman–Crippen MR) is 61.2 cm³/mol. The van der Waals surface area contributed by atoms with Crippen LogP contribution in [0.2, 0.25) is 0 Å². The molecule has 0 aliphatic heterocycles. The van der Waals surface area contributed by atoms with E-state index in [4.69, 9.17) is 10.5 Å². The van der Waals surface area contributed by atoms with Crippen LogP contribution in [0, 0.1) is 5.92 Å². The number of hydrogen-bond acceptors (Lipinski definition) is 4. The Hall–Kier alpha value is -1.43. The third kappa shape index (κ3) is 2.31. The Bertz CT molecular complexity index is 429. The van der Waals surface area contributed by atoms with Crippen LogP contribution < -0.4 is 5.73 Å². The summed E-state index contributed by atoms with van der Waals surface area (Å²) >= 11 is 0. The minimum Gasteiger partial charge on any atom is -0.375 e. The van der Waals surface area contributed by atoms with Crippen molar-refractivity contribution in [3.05, 3.63) is 11.4 Å². The average molecular weight is 238 g/mol. The summed E-state index contributed by atoms with van der Waals surface area (Å²) in [7, 11) is 1.63. The highest BCUT2D eigenvalue weighted by Crippen LogP contribution is 2.44. The predicted octanol–water partition coefficient (Wildman–Crippen LogP) is 0.594. The number of nitrogens with zero attached hydrogens (tertiary/aromatic N) is 3. The fourth-order valence-corrected chi connectivity index (χ4v) is 2.05. The first-order chi connectivity index (χ1) is 8.04. The van der Waals surface area contributed by atoms with E-state index in [-0.39, 0.29) is 12.5 Å². The van der Waals surface area contributed by atoms with Crippen LogP contribution in [0.3, 0.4) is 0 Å². The maximum atomic E-state index is 11.0. The summed E-state index contributed by atoms with van der Waals surface area (Å²) in [6.45, 7) is 4.09. The third-order valence-electron chi connectivity index (χ3n) is 3.27. The largest absolute Gasteiger partial charge is 0.375 e. The summed E-state index contributed by atoms with van der Waals surface area (Å²) in [6.07, 6.45) is 1.08. The summed E-state index contributed by atoms with van der Waals surface area (Å²) in [5.41, 5.74) is 6.71. The number of rotatable bonds is 5. The summed E-state index contributed by atoms with van der Waals surface area (Å²) < 4.78 is 7.20. The van der Waals surface area contributed by atoms with Crippen molar-refractivity contribution in [1.82, 2.24) is 15.0 Å². The number of carbonyl (C=O) groups is 1. The third-order valence-corrected chi connectivity index (χ3v) is 3.27. The number of nitrogens with two attached hydrogens (primary N) is 1. The van der Waals surface area contributed by atoms with Crippen molar-refractivity contribution in [2.75, 3.05) is 7.11 Å². The molecule has 0 bridgehead atoms. The van der Waals surface area contributed by atoms with Crippen molar-refractivity contribution < 1.29 is 9.53 Å². The van der Waals surface area contributed by atoms with Gasteiger partial charge >= 0.3 is 0 Å². The topological polar surface area (TPSA) is 83.0 Å². The van der Waals surface area contributed by atoms with Gasteiger partial charge in [0.2, 0.25) is 5.91 Å². The van der Waals surface area contributed by atoms with Crippen molar-refractivity contribution >= 4 is 5.91 Å². The van der Waals surface area contributed by atoms with Gasteiger partial charge in [-0.05, 0) is 19.3 Å². The lowest BCUT2D eigenvalue weighted by Gasteiger charge is -2.13. The van der Waals surface area contributed by atoms with Crippen molar-refractivity contribution in [2.24, 2.45) is 11.7 Å². The van der Waals surface area contributed by atoms with Gasteiger partial charge in [0.1, 0.15) is 0 Å². The maximum absolute atomic E-state index is 11.0. The highest BCUT2D eigenvalue weighted by molar-refractivity contribution is 5.76. The number of methoxy groups -OCH3 is 1. The SMILES string of the molecule is COC(C)c1c(CC(N)=O)nnn1C1CC1C. The average Bonchev–Trinajstić information content (AvgIpc) is 2.85. The lowest BCUT2D eigenvalue weighted by molar-refractivity contribution is -0.117. The molecule has 1 aromatic heterocycles. The first-order valence-corrected chi connectivity index (χ1v) is 5.79. The number of primary amides is 1. The Balaban J connectivity index is 2.33. The number of ether oxygens (including phenoxy) is 1. The van der Waals surface area contributed by atoms with Crippen LogP contribution in [0.25, 0.3) is 0 Å². The van der Waals surface area contributed by atoms with Crippen LogP contribution in [-0.4, -0.2) is 28.0 Å². The zero-order chi connectivity index (χ0) is 12.6. The molecule has 1 aliphatic carbocycles. The number of hydrogen-bond donors (Lipinski definition) is 1. The van der Waals surface area contributed by atoms with Crippen LogP contribution in [-0.2, 0) is 16.0 Å². The number of carbonyl (C=O) groups excluding carboxylic acids is 1. The van der Waals surface area contributed by atoms with Gasteiger partial charge < -0.3 is 10.5 Å². The van der Waals surface area contributed by atoms with E-state index in [0.717, 1.165) is 12.1 Å². The maximum Gasteiger partial charge on any atom is 0.223 e. The highest BCUT2D eigenvalue weighted by atomic mass is 16.5. The van der Waals surface area contributed by atoms with Gasteiger partial charge in [-0.2, -0.15) is 0 Å². The Morgan fingerprint density at radius 2 is 2.35 bits per heavy atom. The fourth-order valence-electron chi connectivity index (χ4n) is 2.05. The minimum absolute atomic E-state index is 0.115. The zero-order valence-corrected chi connectivity index (χ0v) is 10.4. The molecule has 2 N–H and O–H groups in total. The van der Waals surface area contributed by atoms with E-state index in [9.17, 15) is 4.79 Å². The Morgan fingerprint density at radius 1 is 1.71 bits per heavy atom. The first kappa shape index (κ1) is 12.0. The van der Waals surface area contributed by atoms with Gasteiger partial charge in [0.15, 0.2) is 0 Å². The van der Waals surface area contributed by atoms with Crippen LogP contribution in [0.4, 0.5) is 0 Å². The quantitative estimate of drug-likeness (QED) is 0.814. The normalized spacial score (nSPS) is 24.6. The molecule has 2 rings (SSSR count). The molecule has 3 atom stereocenters. The second-order valence-corrected chi connectivity index (χ2v) is 4.67. The second-order valence-electron chi connectivity index (χ2n) is 4.67. The van der Waals surface area contributed by atoms with Gasteiger partial charge in [0.05, 0.1) is 30.0 Å². The molecular weight excluding hydrogens is 220 g/mol. The molecule has 0 spiro atoms. The van der Waals surface area contributed by atoms with Crippen molar-refractivity contribution in [3.63, 3.8) is 0 Å². The Labute approximate surface area is 100 Å². The van der Waals surface area contributed by atoms with Gasteiger partial charge in [-0.15, -0.1) is 5.10 Å². The molecular formula is C11H18N4O2. The molecule has 3 unspecified atom stereocenters. The second kappa shape index (κ2) is 4.44. The van der Waals surface area contributed by atoms with Crippen molar-refractivity contribution in [2.45, 2.75) is 38.8 Å². The molecule has 0 aromatic carbocycles. The first-order valence-electron chi connectivity index (χ1n) is 5.79. The lowest BCUT2D eigenvalue weighted by atomic mass is 10.1. The van der Waals surface area contributed by atoms with Crippen LogP contribution >= 0.6 is 0 Å². The summed E-state index contributed by atoms with van der Waals surface area (Å²) in [5.74, 6) is 0.214. The zero-order valence-electron chi connectivity index (χ0n) is 10.4. The van der Waals surface area contributed by atoms with E-state index < -0.39 is 5.91 Å². The van der Waals surface area contributed by atoms with Crippen molar-refractivity contribution in [1.29, 1.82) is 0 Å². The molecule has 17 heavy (non-hydrogen) atoms. The Kier molecular flexibility index (Phi) is 3.15. The van der Waals surface area contributed by atoms with Gasteiger partial charge in [0.25, 0.3) is 0 Å². The van der Waals surface area contributed by atoms with Crippen LogP contribution in [0.1, 0.15) is 43.8 Å². The monoisotopic (exact) mass is 238 g/mol. The van der Waals surface area contributed by atoms with Gasteiger partial charge in [0, 0.05) is 7.11 Å². The molecule has 1 aliphatic rings. The van der Waals surface area contributed by atoms with E-state index >= 15 is 0 Å². The number of aromatic nitrogens is 3. The van der Waals surface area contributed by atoms with Crippen LogP contribution in [0.15, 0.2) is 0 Å².